The molecule has 2 rings (SSSR count). The van der Waals surface area contributed by atoms with Gasteiger partial charge in [0.05, 0.1) is 5.71 Å². The van der Waals surface area contributed by atoms with E-state index >= 15 is 0 Å². The van der Waals surface area contributed by atoms with Crippen LogP contribution in [-0.2, 0) is 9.59 Å². The molecule has 7 heteroatoms. The summed E-state index contributed by atoms with van der Waals surface area (Å²) in [6.07, 6.45) is 7.40. The number of rotatable bonds is 7. The van der Waals surface area contributed by atoms with Gasteiger partial charge in [0.25, 0.3) is 0 Å². The Morgan fingerprint density at radius 2 is 2.21 bits per heavy atom. The van der Waals surface area contributed by atoms with Crippen LogP contribution in [0.4, 0.5) is 0 Å². The zero-order chi connectivity index (χ0) is 17.7. The fraction of sp³-hybridized carbons (Fsp3) is 0.529. The number of carbonyl (C=O) groups is 2. The van der Waals surface area contributed by atoms with Gasteiger partial charge in [-0.15, -0.1) is 0 Å². The number of amides is 2. The summed E-state index contributed by atoms with van der Waals surface area (Å²) in [5.74, 6) is 0.110. The van der Waals surface area contributed by atoms with Crippen LogP contribution in [0.5, 0.6) is 0 Å². The molecule has 0 fully saturated rings. The van der Waals surface area contributed by atoms with Crippen molar-refractivity contribution in [1.82, 2.24) is 10.2 Å². The van der Waals surface area contributed by atoms with Gasteiger partial charge in [0.15, 0.2) is 0 Å². The molecule has 130 valence electrons. The first-order valence-corrected chi connectivity index (χ1v) is 9.34. The topological polar surface area (TPSA) is 61.8 Å². The number of halogens is 1. The summed E-state index contributed by atoms with van der Waals surface area (Å²) < 4.78 is 0.858. The fourth-order valence-corrected chi connectivity index (χ4v) is 3.18. The Morgan fingerprint density at radius 1 is 1.46 bits per heavy atom. The Kier molecular flexibility index (Phi) is 6.86. The number of allylic oxidation sites excluding steroid dienone is 3. The number of thiocarbonyl (C=S) groups is 1. The van der Waals surface area contributed by atoms with Crippen LogP contribution in [0, 0.1) is 11.8 Å². The molecular formula is C17H22BrN3O2S. The lowest BCUT2D eigenvalue weighted by molar-refractivity contribution is -0.129. The molecule has 1 aliphatic heterocycles. The molecule has 1 heterocycles. The molecule has 1 aliphatic carbocycles. The normalized spacial score (nSPS) is 20.0. The number of nitrogens with zero attached hydrogens (tertiary/aromatic N) is 2. The summed E-state index contributed by atoms with van der Waals surface area (Å²) in [6.45, 7) is 5.35. The van der Waals surface area contributed by atoms with Gasteiger partial charge in [-0.2, -0.15) is 0 Å². The maximum Gasteiger partial charge on any atom is 0.241 e. The van der Waals surface area contributed by atoms with Crippen LogP contribution in [0.1, 0.15) is 33.1 Å². The third-order valence-electron chi connectivity index (χ3n) is 3.87. The summed E-state index contributed by atoms with van der Waals surface area (Å²) in [7, 11) is 0. The van der Waals surface area contributed by atoms with E-state index < -0.39 is 5.92 Å². The molecule has 2 aliphatic rings. The largest absolute Gasteiger partial charge is 0.356 e. The Bertz CT molecular complexity index is 625. The van der Waals surface area contributed by atoms with Crippen LogP contribution in [-0.4, -0.2) is 40.6 Å². The lowest BCUT2D eigenvalue weighted by Crippen LogP contribution is -2.46. The van der Waals surface area contributed by atoms with Crippen molar-refractivity contribution < 1.29 is 9.59 Å². The molecule has 0 saturated carbocycles. The average Bonchev–Trinajstić information content (AvgIpc) is 2.51. The predicted octanol–water partition coefficient (Wildman–Crippen LogP) is 2.96. The van der Waals surface area contributed by atoms with Crippen LogP contribution < -0.4 is 5.32 Å². The zero-order valence-corrected chi connectivity index (χ0v) is 16.3. The minimum absolute atomic E-state index is 0.0125. The number of hydrogen-bond acceptors (Lipinski definition) is 3. The van der Waals surface area contributed by atoms with E-state index in [1.807, 2.05) is 12.2 Å². The SMILES string of the molecule is CC(C)CCNC(=O)CCCN1C(=O)C2C=C(Br)C=CC2=NC1=S. The smallest absolute Gasteiger partial charge is 0.241 e. The molecule has 1 atom stereocenters. The third-order valence-corrected chi connectivity index (χ3v) is 4.72. The molecule has 1 N–H and O–H groups in total. The van der Waals surface area contributed by atoms with Crippen molar-refractivity contribution in [3.05, 3.63) is 22.7 Å². The van der Waals surface area contributed by atoms with E-state index in [0.29, 0.717) is 37.6 Å². The highest BCUT2D eigenvalue weighted by atomic mass is 79.9. The first-order chi connectivity index (χ1) is 11.4. The first kappa shape index (κ1) is 19.0. The van der Waals surface area contributed by atoms with Gasteiger partial charge in [0, 0.05) is 24.0 Å². The zero-order valence-electron chi connectivity index (χ0n) is 13.9. The quantitative estimate of drug-likeness (QED) is 0.654. The van der Waals surface area contributed by atoms with E-state index in [0.717, 1.165) is 10.9 Å². The third kappa shape index (κ3) is 5.08. The molecule has 2 amide bonds. The summed E-state index contributed by atoms with van der Waals surface area (Å²) in [5, 5.41) is 3.18. The minimum atomic E-state index is -0.393. The van der Waals surface area contributed by atoms with E-state index in [-0.39, 0.29) is 16.9 Å². The number of aliphatic imine (C=N–C) groups is 1. The van der Waals surface area contributed by atoms with E-state index in [1.54, 1.807) is 6.08 Å². The Morgan fingerprint density at radius 3 is 2.92 bits per heavy atom. The van der Waals surface area contributed by atoms with E-state index in [2.05, 4.69) is 40.1 Å². The molecule has 0 aromatic rings. The Balaban J connectivity index is 1.84. The Labute approximate surface area is 156 Å². The van der Waals surface area contributed by atoms with Crippen LogP contribution in [0.2, 0.25) is 0 Å². The van der Waals surface area contributed by atoms with Crippen molar-refractivity contribution in [2.24, 2.45) is 16.8 Å². The van der Waals surface area contributed by atoms with Crippen LogP contribution in [0.15, 0.2) is 27.7 Å². The second kappa shape index (κ2) is 8.67. The molecule has 0 spiro atoms. The van der Waals surface area contributed by atoms with Crippen LogP contribution in [0.3, 0.4) is 0 Å². The van der Waals surface area contributed by atoms with Crippen LogP contribution in [0.25, 0.3) is 0 Å². The van der Waals surface area contributed by atoms with Gasteiger partial charge in [-0.3, -0.25) is 14.5 Å². The van der Waals surface area contributed by atoms with E-state index in [9.17, 15) is 9.59 Å². The van der Waals surface area contributed by atoms with E-state index in [4.69, 9.17) is 12.2 Å². The number of carbonyl (C=O) groups excluding carboxylic acids is 2. The second-order valence-electron chi connectivity index (χ2n) is 6.31. The predicted molar refractivity (Wildman–Crippen MR) is 103 cm³/mol. The lowest BCUT2D eigenvalue weighted by Gasteiger charge is -2.30. The van der Waals surface area contributed by atoms with Gasteiger partial charge in [-0.1, -0.05) is 35.9 Å². The van der Waals surface area contributed by atoms with Gasteiger partial charge in [0.1, 0.15) is 5.92 Å². The van der Waals surface area contributed by atoms with Gasteiger partial charge in [0.2, 0.25) is 16.9 Å². The molecule has 0 bridgehead atoms. The first-order valence-electron chi connectivity index (χ1n) is 8.14. The number of fused-ring (bicyclic) bond motifs is 1. The van der Waals surface area contributed by atoms with Crippen molar-refractivity contribution in [3.63, 3.8) is 0 Å². The lowest BCUT2D eigenvalue weighted by atomic mass is 9.95. The summed E-state index contributed by atoms with van der Waals surface area (Å²) >= 11 is 8.61. The molecule has 5 nitrogen and oxygen atoms in total. The minimum Gasteiger partial charge on any atom is -0.356 e. The van der Waals surface area contributed by atoms with Crippen molar-refractivity contribution in [1.29, 1.82) is 0 Å². The second-order valence-corrected chi connectivity index (χ2v) is 7.59. The highest BCUT2D eigenvalue weighted by Crippen LogP contribution is 2.25. The maximum atomic E-state index is 12.6. The molecule has 0 aromatic heterocycles. The molecule has 0 saturated heterocycles. The number of nitrogens with one attached hydrogen (secondary N) is 1. The monoisotopic (exact) mass is 411 g/mol. The molecule has 0 aromatic carbocycles. The van der Waals surface area contributed by atoms with E-state index in [1.165, 1.54) is 4.90 Å². The van der Waals surface area contributed by atoms with Gasteiger partial charge in [-0.25, -0.2) is 4.99 Å². The molecule has 24 heavy (non-hydrogen) atoms. The van der Waals surface area contributed by atoms with Crippen molar-refractivity contribution in [2.75, 3.05) is 13.1 Å². The van der Waals surface area contributed by atoms with Crippen molar-refractivity contribution in [2.45, 2.75) is 33.1 Å². The van der Waals surface area contributed by atoms with Crippen LogP contribution >= 0.6 is 28.1 Å². The highest BCUT2D eigenvalue weighted by molar-refractivity contribution is 9.11. The van der Waals surface area contributed by atoms with Crippen molar-refractivity contribution >= 4 is 50.8 Å². The maximum absolute atomic E-state index is 12.6. The molecule has 0 radical (unpaired) electrons. The van der Waals surface area contributed by atoms with Gasteiger partial charge >= 0.3 is 0 Å². The fourth-order valence-electron chi connectivity index (χ4n) is 2.50. The summed E-state index contributed by atoms with van der Waals surface area (Å²) in [5.41, 5.74) is 0.677. The summed E-state index contributed by atoms with van der Waals surface area (Å²) in [4.78, 5) is 30.2. The number of hydrogen-bond donors (Lipinski definition) is 1. The Hall–Kier alpha value is -1.34. The van der Waals surface area contributed by atoms with Crippen molar-refractivity contribution in [3.8, 4) is 0 Å². The summed E-state index contributed by atoms with van der Waals surface area (Å²) in [6, 6.07) is 0. The molecule has 1 unspecified atom stereocenters. The highest BCUT2D eigenvalue weighted by Gasteiger charge is 2.34. The van der Waals surface area contributed by atoms with Gasteiger partial charge < -0.3 is 5.32 Å². The molecular weight excluding hydrogens is 390 g/mol. The standard InChI is InChI=1S/C17H22BrN3O2S/c1-11(2)7-8-19-15(22)4-3-9-21-16(23)13-10-12(18)5-6-14(13)20-17(21)24/h5-6,10-11,13H,3-4,7-9H2,1-2H3,(H,19,22). The average molecular weight is 412 g/mol. The van der Waals surface area contributed by atoms with Gasteiger partial charge in [-0.05, 0) is 43.1 Å².